The number of esters is 1. The lowest BCUT2D eigenvalue weighted by molar-refractivity contribution is 0.0594. The quantitative estimate of drug-likeness (QED) is 0.591. The molecule has 0 aromatic carbocycles. The Morgan fingerprint density at radius 2 is 2.14 bits per heavy atom. The first kappa shape index (κ1) is 17.4. The molecule has 1 heterocycles. The van der Waals surface area contributed by atoms with Crippen LogP contribution in [-0.2, 0) is 11.3 Å². The van der Waals surface area contributed by atoms with Gasteiger partial charge in [0.15, 0.2) is 5.69 Å². The minimum atomic E-state index is -0.451. The van der Waals surface area contributed by atoms with Gasteiger partial charge in [0.2, 0.25) is 0 Å². The van der Waals surface area contributed by atoms with E-state index >= 15 is 0 Å². The second-order valence-corrected chi connectivity index (χ2v) is 5.52. The fraction of sp³-hybridized carbons (Fsp3) is 0.643. The Morgan fingerprint density at radius 3 is 2.76 bits per heavy atom. The molecule has 0 aliphatic rings. The zero-order valence-corrected chi connectivity index (χ0v) is 13.7. The molecule has 1 rings (SSSR count). The molecular formula is C14H23N3O3S. The number of carbonyl (C=O) groups excluding carboxylic acids is 2. The first-order valence-electron chi connectivity index (χ1n) is 7.17. The Balaban J connectivity index is 2.68. The van der Waals surface area contributed by atoms with Crippen molar-refractivity contribution >= 4 is 23.3 Å². The maximum Gasteiger partial charge on any atom is 0.357 e. The van der Waals surface area contributed by atoms with E-state index in [2.05, 4.69) is 22.0 Å². The standard InChI is InChI=1S/C14H23N3O3S/c1-4-6-7-8-17(14(19)15-5-2)9-12-16-11(10-21-12)13(18)20-3/h10H,4-9H2,1-3H3,(H,15,19). The van der Waals surface area contributed by atoms with E-state index in [0.717, 1.165) is 24.3 Å². The predicted octanol–water partition coefficient (Wildman–Crippen LogP) is 2.65. The van der Waals surface area contributed by atoms with Crippen LogP contribution in [0.15, 0.2) is 5.38 Å². The van der Waals surface area contributed by atoms with Gasteiger partial charge in [-0.2, -0.15) is 0 Å². The number of hydrogen-bond acceptors (Lipinski definition) is 5. The van der Waals surface area contributed by atoms with Gasteiger partial charge in [0.1, 0.15) is 5.01 Å². The molecule has 1 N–H and O–H groups in total. The number of rotatable bonds is 8. The van der Waals surface area contributed by atoms with Crippen molar-refractivity contribution in [2.24, 2.45) is 0 Å². The Hall–Kier alpha value is -1.63. The summed E-state index contributed by atoms with van der Waals surface area (Å²) in [6.45, 7) is 5.71. The van der Waals surface area contributed by atoms with E-state index in [9.17, 15) is 9.59 Å². The second kappa shape index (κ2) is 9.33. The third-order valence-electron chi connectivity index (χ3n) is 2.92. The van der Waals surface area contributed by atoms with E-state index in [4.69, 9.17) is 0 Å². The molecule has 1 aromatic heterocycles. The lowest BCUT2D eigenvalue weighted by Crippen LogP contribution is -2.40. The average molecular weight is 313 g/mol. The SMILES string of the molecule is CCCCCN(Cc1nc(C(=O)OC)cs1)C(=O)NCC. The lowest BCUT2D eigenvalue weighted by atomic mass is 10.2. The molecule has 118 valence electrons. The Labute approximate surface area is 129 Å². The molecular weight excluding hydrogens is 290 g/mol. The molecule has 0 saturated carbocycles. The first-order valence-corrected chi connectivity index (χ1v) is 8.05. The normalized spacial score (nSPS) is 10.2. The van der Waals surface area contributed by atoms with Crippen molar-refractivity contribution in [1.82, 2.24) is 15.2 Å². The summed E-state index contributed by atoms with van der Waals surface area (Å²) in [6, 6.07) is -0.0941. The van der Waals surface area contributed by atoms with Gasteiger partial charge in [-0.15, -0.1) is 11.3 Å². The molecule has 0 bridgehead atoms. The van der Waals surface area contributed by atoms with Gasteiger partial charge in [-0.1, -0.05) is 19.8 Å². The van der Waals surface area contributed by atoms with Gasteiger partial charge >= 0.3 is 12.0 Å². The van der Waals surface area contributed by atoms with Gasteiger partial charge in [-0.25, -0.2) is 14.6 Å². The van der Waals surface area contributed by atoms with Gasteiger partial charge in [-0.3, -0.25) is 0 Å². The topological polar surface area (TPSA) is 71.5 Å². The summed E-state index contributed by atoms with van der Waals surface area (Å²) in [7, 11) is 1.33. The molecule has 7 heteroatoms. The Kier molecular flexibility index (Phi) is 7.74. The summed E-state index contributed by atoms with van der Waals surface area (Å²) in [5.74, 6) is -0.451. The van der Waals surface area contributed by atoms with Crippen molar-refractivity contribution in [3.05, 3.63) is 16.1 Å². The van der Waals surface area contributed by atoms with Crippen LogP contribution in [0.3, 0.4) is 0 Å². The van der Waals surface area contributed by atoms with Crippen LogP contribution in [0.1, 0.15) is 48.6 Å². The zero-order chi connectivity index (χ0) is 15.7. The number of urea groups is 1. The highest BCUT2D eigenvalue weighted by Gasteiger charge is 2.16. The largest absolute Gasteiger partial charge is 0.464 e. The van der Waals surface area contributed by atoms with Crippen molar-refractivity contribution in [1.29, 1.82) is 0 Å². The summed E-state index contributed by atoms with van der Waals surface area (Å²) in [5.41, 5.74) is 0.293. The molecule has 0 spiro atoms. The number of hydrogen-bond donors (Lipinski definition) is 1. The van der Waals surface area contributed by atoms with Crippen LogP contribution in [0, 0.1) is 0 Å². The smallest absolute Gasteiger partial charge is 0.357 e. The molecule has 0 unspecified atom stereocenters. The van der Waals surface area contributed by atoms with E-state index in [1.165, 1.54) is 18.4 Å². The maximum atomic E-state index is 12.0. The van der Waals surface area contributed by atoms with Gasteiger partial charge in [0, 0.05) is 18.5 Å². The number of unbranched alkanes of at least 4 members (excludes halogenated alkanes) is 2. The number of ether oxygens (including phenoxy) is 1. The number of carbonyl (C=O) groups is 2. The third-order valence-corrected chi connectivity index (χ3v) is 3.75. The molecule has 0 saturated heterocycles. The van der Waals surface area contributed by atoms with Crippen LogP contribution < -0.4 is 5.32 Å². The van der Waals surface area contributed by atoms with Crippen molar-refractivity contribution in [3.63, 3.8) is 0 Å². The molecule has 1 aromatic rings. The molecule has 0 aliphatic heterocycles. The van der Waals surface area contributed by atoms with Crippen molar-refractivity contribution in [2.45, 2.75) is 39.7 Å². The fourth-order valence-corrected chi connectivity index (χ4v) is 2.59. The predicted molar refractivity (Wildman–Crippen MR) is 82.5 cm³/mol. The zero-order valence-electron chi connectivity index (χ0n) is 12.8. The average Bonchev–Trinajstić information content (AvgIpc) is 2.94. The fourth-order valence-electron chi connectivity index (χ4n) is 1.81. The highest BCUT2D eigenvalue weighted by Crippen LogP contribution is 2.14. The van der Waals surface area contributed by atoms with Crippen LogP contribution >= 0.6 is 11.3 Å². The molecule has 2 amide bonds. The van der Waals surface area contributed by atoms with E-state index in [1.54, 1.807) is 10.3 Å². The van der Waals surface area contributed by atoms with Crippen LogP contribution in [-0.4, -0.2) is 42.1 Å². The molecule has 0 aliphatic carbocycles. The number of nitrogens with zero attached hydrogens (tertiary/aromatic N) is 2. The van der Waals surface area contributed by atoms with Crippen molar-refractivity contribution < 1.29 is 14.3 Å². The molecule has 0 radical (unpaired) electrons. The summed E-state index contributed by atoms with van der Waals surface area (Å²) >= 11 is 1.36. The number of aromatic nitrogens is 1. The molecule has 6 nitrogen and oxygen atoms in total. The number of methoxy groups -OCH3 is 1. The minimum Gasteiger partial charge on any atom is -0.464 e. The maximum absolute atomic E-state index is 12.0. The Morgan fingerprint density at radius 1 is 1.38 bits per heavy atom. The van der Waals surface area contributed by atoms with Crippen LogP contribution in [0.2, 0.25) is 0 Å². The second-order valence-electron chi connectivity index (χ2n) is 4.58. The molecule has 21 heavy (non-hydrogen) atoms. The summed E-state index contributed by atoms with van der Waals surface area (Å²) in [5, 5.41) is 5.20. The summed E-state index contributed by atoms with van der Waals surface area (Å²) < 4.78 is 4.63. The van der Waals surface area contributed by atoms with Crippen molar-refractivity contribution in [2.75, 3.05) is 20.2 Å². The van der Waals surface area contributed by atoms with Gasteiger partial charge in [0.25, 0.3) is 0 Å². The molecule has 0 fully saturated rings. The summed E-state index contributed by atoms with van der Waals surface area (Å²) in [4.78, 5) is 29.4. The summed E-state index contributed by atoms with van der Waals surface area (Å²) in [6.07, 6.45) is 3.15. The van der Waals surface area contributed by atoms with Crippen LogP contribution in [0.4, 0.5) is 4.79 Å². The third kappa shape index (κ3) is 5.71. The van der Waals surface area contributed by atoms with E-state index < -0.39 is 5.97 Å². The van der Waals surface area contributed by atoms with Gasteiger partial charge in [-0.05, 0) is 13.3 Å². The Bertz CT molecular complexity index is 462. The van der Waals surface area contributed by atoms with Crippen molar-refractivity contribution in [3.8, 4) is 0 Å². The number of thiazole rings is 1. The minimum absolute atomic E-state index is 0.0941. The first-order chi connectivity index (χ1) is 10.1. The highest BCUT2D eigenvalue weighted by molar-refractivity contribution is 7.09. The lowest BCUT2D eigenvalue weighted by Gasteiger charge is -2.21. The van der Waals surface area contributed by atoms with Crippen LogP contribution in [0.5, 0.6) is 0 Å². The highest BCUT2D eigenvalue weighted by atomic mass is 32.1. The monoisotopic (exact) mass is 313 g/mol. The van der Waals surface area contributed by atoms with E-state index in [-0.39, 0.29) is 6.03 Å². The van der Waals surface area contributed by atoms with Gasteiger partial charge < -0.3 is 15.0 Å². The number of amides is 2. The molecule has 0 atom stereocenters. The number of nitrogens with one attached hydrogen (secondary N) is 1. The van der Waals surface area contributed by atoms with Gasteiger partial charge in [0.05, 0.1) is 13.7 Å². The van der Waals surface area contributed by atoms with E-state index in [0.29, 0.717) is 25.3 Å². The van der Waals surface area contributed by atoms with E-state index in [1.807, 2.05) is 6.92 Å². The van der Waals surface area contributed by atoms with Crippen LogP contribution in [0.25, 0.3) is 0 Å².